The molecule has 0 heterocycles. The molecule has 0 atom stereocenters. The van der Waals surface area contributed by atoms with Gasteiger partial charge >= 0.3 is 5.97 Å². The summed E-state index contributed by atoms with van der Waals surface area (Å²) >= 11 is 0. The van der Waals surface area contributed by atoms with E-state index in [4.69, 9.17) is 10.4 Å². The van der Waals surface area contributed by atoms with E-state index >= 15 is 0 Å². The molecule has 0 saturated carbocycles. The minimum atomic E-state index is -1.20. The largest absolute Gasteiger partial charge is 0.481 e. The van der Waals surface area contributed by atoms with Crippen LogP contribution in [0.5, 0.6) is 0 Å². The van der Waals surface area contributed by atoms with Gasteiger partial charge in [-0.3, -0.25) is 14.9 Å². The van der Waals surface area contributed by atoms with E-state index in [1.54, 1.807) is 13.0 Å². The van der Waals surface area contributed by atoms with Crippen molar-refractivity contribution in [2.45, 2.75) is 19.8 Å². The van der Waals surface area contributed by atoms with Crippen LogP contribution in [0.15, 0.2) is 12.1 Å². The quantitative estimate of drug-likeness (QED) is 0.630. The van der Waals surface area contributed by atoms with Gasteiger partial charge in [0.2, 0.25) is 0 Å². The average molecular weight is 234 g/mol. The van der Waals surface area contributed by atoms with Crippen LogP contribution in [0.3, 0.4) is 0 Å². The first kappa shape index (κ1) is 12.6. The van der Waals surface area contributed by atoms with Crippen LogP contribution in [-0.4, -0.2) is 16.0 Å². The van der Waals surface area contributed by atoms with E-state index in [-0.39, 0.29) is 16.8 Å². The molecular formula is C11H10N2O4. The summed E-state index contributed by atoms with van der Waals surface area (Å²) in [6, 6.07) is 4.69. The molecule has 0 aliphatic heterocycles. The Hall–Kier alpha value is -2.42. The molecule has 0 aliphatic rings. The van der Waals surface area contributed by atoms with E-state index < -0.39 is 17.3 Å². The topological polar surface area (TPSA) is 104 Å². The fraction of sp³-hybridized carbons (Fsp3) is 0.273. The summed E-state index contributed by atoms with van der Waals surface area (Å²) in [6.45, 7) is 1.74. The number of aryl methyl sites for hydroxylation is 1. The minimum absolute atomic E-state index is 0.0237. The van der Waals surface area contributed by atoms with Gasteiger partial charge in [0, 0.05) is 5.56 Å². The molecule has 1 N–H and O–H groups in total. The van der Waals surface area contributed by atoms with Crippen LogP contribution in [0.4, 0.5) is 5.69 Å². The number of aliphatic carboxylic acids is 1. The monoisotopic (exact) mass is 234 g/mol. The van der Waals surface area contributed by atoms with Gasteiger partial charge in [-0.25, -0.2) is 0 Å². The molecule has 1 aromatic carbocycles. The summed E-state index contributed by atoms with van der Waals surface area (Å²) in [5, 5.41) is 28.5. The van der Waals surface area contributed by atoms with Gasteiger partial charge in [0.25, 0.3) is 5.69 Å². The third-order valence-corrected chi connectivity index (χ3v) is 2.38. The van der Waals surface area contributed by atoms with Crippen LogP contribution < -0.4 is 0 Å². The van der Waals surface area contributed by atoms with E-state index in [1.165, 1.54) is 12.1 Å². The summed E-state index contributed by atoms with van der Waals surface area (Å²) in [6.07, 6.45) is -0.109. The number of rotatable bonds is 4. The van der Waals surface area contributed by atoms with E-state index in [0.29, 0.717) is 12.0 Å². The number of carboxylic acid groups (broad SMARTS) is 1. The van der Waals surface area contributed by atoms with Crippen LogP contribution in [0.1, 0.15) is 23.6 Å². The van der Waals surface area contributed by atoms with E-state index in [0.717, 1.165) is 0 Å². The van der Waals surface area contributed by atoms with Crippen LogP contribution in [-0.2, 0) is 17.6 Å². The number of nitro benzene ring substituents is 1. The molecule has 1 rings (SSSR count). The summed E-state index contributed by atoms with van der Waals surface area (Å²) in [5.74, 6) is -1.20. The van der Waals surface area contributed by atoms with Crippen molar-refractivity contribution >= 4 is 11.7 Å². The lowest BCUT2D eigenvalue weighted by atomic mass is 9.98. The molecule has 0 amide bonds. The zero-order chi connectivity index (χ0) is 13.0. The molecule has 0 aromatic heterocycles. The summed E-state index contributed by atoms with van der Waals surface area (Å²) < 4.78 is 0. The Morgan fingerprint density at radius 3 is 2.65 bits per heavy atom. The zero-order valence-corrected chi connectivity index (χ0v) is 9.14. The zero-order valence-electron chi connectivity index (χ0n) is 9.14. The van der Waals surface area contributed by atoms with Crippen LogP contribution >= 0.6 is 0 Å². The van der Waals surface area contributed by atoms with Gasteiger partial charge in [-0.1, -0.05) is 13.0 Å². The SMILES string of the molecule is CCc1ccc(C#N)c(CC(=O)O)c1[N+](=O)[O-]. The Bertz CT molecular complexity index is 517. The van der Waals surface area contributed by atoms with Crippen LogP contribution in [0, 0.1) is 21.4 Å². The Kier molecular flexibility index (Phi) is 3.78. The lowest BCUT2D eigenvalue weighted by Gasteiger charge is -2.06. The predicted molar refractivity (Wildman–Crippen MR) is 58.5 cm³/mol. The first-order valence-electron chi connectivity index (χ1n) is 4.92. The standard InChI is InChI=1S/C11H10N2O4/c1-2-7-3-4-8(6-12)9(5-10(14)15)11(7)13(16)17/h3-4H,2,5H2,1H3,(H,14,15). The van der Waals surface area contributed by atoms with Gasteiger partial charge in [-0.2, -0.15) is 5.26 Å². The third kappa shape index (κ3) is 2.58. The predicted octanol–water partition coefficient (Wildman–Crippen LogP) is 1.66. The van der Waals surface area contributed by atoms with Crippen molar-refractivity contribution in [1.29, 1.82) is 5.26 Å². The van der Waals surface area contributed by atoms with Gasteiger partial charge in [0.15, 0.2) is 0 Å². The Morgan fingerprint density at radius 2 is 2.24 bits per heavy atom. The number of carbonyl (C=O) groups is 1. The van der Waals surface area contributed by atoms with Crippen molar-refractivity contribution in [2.75, 3.05) is 0 Å². The molecule has 6 nitrogen and oxygen atoms in total. The number of hydrogen-bond acceptors (Lipinski definition) is 4. The van der Waals surface area contributed by atoms with Gasteiger partial charge in [0.1, 0.15) is 0 Å². The number of hydrogen-bond donors (Lipinski definition) is 1. The average Bonchev–Trinajstić information content (AvgIpc) is 2.27. The number of nitrogens with zero attached hydrogens (tertiary/aromatic N) is 2. The van der Waals surface area contributed by atoms with Gasteiger partial charge in [0.05, 0.1) is 28.5 Å². The lowest BCUT2D eigenvalue weighted by molar-refractivity contribution is -0.386. The highest BCUT2D eigenvalue weighted by Gasteiger charge is 2.23. The second kappa shape index (κ2) is 5.07. The molecule has 88 valence electrons. The maximum absolute atomic E-state index is 11.0. The first-order valence-corrected chi connectivity index (χ1v) is 4.92. The summed E-state index contributed by atoms with van der Waals surface area (Å²) in [5.41, 5.74) is 0.194. The molecule has 0 fully saturated rings. The van der Waals surface area contributed by atoms with Crippen LogP contribution in [0.25, 0.3) is 0 Å². The Balaban J connectivity index is 3.53. The third-order valence-electron chi connectivity index (χ3n) is 2.38. The normalized spacial score (nSPS) is 9.65. The molecule has 0 bridgehead atoms. The number of benzene rings is 1. The highest BCUT2D eigenvalue weighted by molar-refractivity contribution is 5.74. The molecule has 0 aliphatic carbocycles. The lowest BCUT2D eigenvalue weighted by Crippen LogP contribution is -2.08. The van der Waals surface area contributed by atoms with E-state index in [1.807, 2.05) is 0 Å². The van der Waals surface area contributed by atoms with Crippen LogP contribution in [0.2, 0.25) is 0 Å². The highest BCUT2D eigenvalue weighted by atomic mass is 16.6. The molecule has 1 aromatic rings. The Labute approximate surface area is 97.3 Å². The van der Waals surface area contributed by atoms with Gasteiger partial charge < -0.3 is 5.11 Å². The number of nitriles is 1. The molecule has 0 radical (unpaired) electrons. The van der Waals surface area contributed by atoms with Crippen molar-refractivity contribution in [3.63, 3.8) is 0 Å². The van der Waals surface area contributed by atoms with Crippen molar-refractivity contribution in [3.05, 3.63) is 38.9 Å². The van der Waals surface area contributed by atoms with E-state index in [9.17, 15) is 14.9 Å². The Morgan fingerprint density at radius 1 is 1.59 bits per heavy atom. The smallest absolute Gasteiger partial charge is 0.308 e. The van der Waals surface area contributed by atoms with E-state index in [2.05, 4.69) is 0 Å². The molecule has 0 saturated heterocycles. The van der Waals surface area contributed by atoms with Gasteiger partial charge in [-0.15, -0.1) is 0 Å². The fourth-order valence-corrected chi connectivity index (χ4v) is 1.63. The number of carboxylic acids is 1. The van der Waals surface area contributed by atoms with Gasteiger partial charge in [-0.05, 0) is 12.5 Å². The molecule has 0 unspecified atom stereocenters. The first-order chi connectivity index (χ1) is 8.01. The minimum Gasteiger partial charge on any atom is -0.481 e. The number of nitro groups is 1. The summed E-state index contributed by atoms with van der Waals surface area (Å²) in [7, 11) is 0. The second-order valence-electron chi connectivity index (χ2n) is 3.39. The maximum atomic E-state index is 11.0. The van der Waals surface area contributed by atoms with Crippen molar-refractivity contribution < 1.29 is 14.8 Å². The maximum Gasteiger partial charge on any atom is 0.308 e. The summed E-state index contributed by atoms with van der Waals surface area (Å²) in [4.78, 5) is 21.0. The fourth-order valence-electron chi connectivity index (χ4n) is 1.63. The molecule has 17 heavy (non-hydrogen) atoms. The molecular weight excluding hydrogens is 224 g/mol. The molecule has 0 spiro atoms. The van der Waals surface area contributed by atoms with Crippen molar-refractivity contribution in [3.8, 4) is 6.07 Å². The highest BCUT2D eigenvalue weighted by Crippen LogP contribution is 2.28. The second-order valence-corrected chi connectivity index (χ2v) is 3.39. The van der Waals surface area contributed by atoms with Crippen molar-refractivity contribution in [1.82, 2.24) is 0 Å². The van der Waals surface area contributed by atoms with Crippen molar-refractivity contribution in [2.24, 2.45) is 0 Å². The molecule has 6 heteroatoms.